The number of likely N-dealkylation sites (tertiary alicyclic amines) is 1. The molecule has 0 spiro atoms. The van der Waals surface area contributed by atoms with Gasteiger partial charge in [0.15, 0.2) is 0 Å². The van der Waals surface area contributed by atoms with Crippen molar-refractivity contribution in [2.75, 3.05) is 13.1 Å². The van der Waals surface area contributed by atoms with Crippen LogP contribution in [0.3, 0.4) is 0 Å². The fourth-order valence-electron chi connectivity index (χ4n) is 2.64. The number of hydrogen-bond donors (Lipinski definition) is 1. The van der Waals surface area contributed by atoms with Crippen LogP contribution in [0.1, 0.15) is 42.4 Å². The number of amides is 1. The molecule has 0 bridgehead atoms. The molecule has 0 saturated carbocycles. The zero-order chi connectivity index (χ0) is 16.6. The molecule has 1 atom stereocenters. The van der Waals surface area contributed by atoms with Crippen LogP contribution in [0.4, 0.5) is 0 Å². The number of rotatable bonds is 3. The third kappa shape index (κ3) is 2.94. The SMILES string of the molecule is CC(C)n1cc(C2(O)CCN(C(=O)c3ccncc3Cl)C2)nn1. The van der Waals surface area contributed by atoms with Gasteiger partial charge in [0.2, 0.25) is 0 Å². The van der Waals surface area contributed by atoms with Gasteiger partial charge in [-0.25, -0.2) is 4.68 Å². The van der Waals surface area contributed by atoms with E-state index in [1.54, 1.807) is 21.8 Å². The van der Waals surface area contributed by atoms with E-state index in [2.05, 4.69) is 15.3 Å². The van der Waals surface area contributed by atoms with Crippen molar-refractivity contribution in [3.05, 3.63) is 40.9 Å². The summed E-state index contributed by atoms with van der Waals surface area (Å²) >= 11 is 6.03. The maximum atomic E-state index is 12.6. The van der Waals surface area contributed by atoms with Gasteiger partial charge in [-0.15, -0.1) is 5.10 Å². The minimum atomic E-state index is -1.18. The quantitative estimate of drug-likeness (QED) is 0.921. The monoisotopic (exact) mass is 335 g/mol. The highest BCUT2D eigenvalue weighted by Crippen LogP contribution is 2.32. The van der Waals surface area contributed by atoms with Crippen LogP contribution in [-0.4, -0.2) is 49.0 Å². The number of carbonyl (C=O) groups is 1. The van der Waals surface area contributed by atoms with Crippen LogP contribution in [-0.2, 0) is 5.60 Å². The molecule has 0 radical (unpaired) electrons. The van der Waals surface area contributed by atoms with Crippen LogP contribution in [0.15, 0.2) is 24.7 Å². The predicted octanol–water partition coefficient (Wildman–Crippen LogP) is 1.64. The summed E-state index contributed by atoms with van der Waals surface area (Å²) in [7, 11) is 0. The number of nitrogens with zero attached hydrogens (tertiary/aromatic N) is 5. The third-order valence-corrected chi connectivity index (χ3v) is 4.36. The summed E-state index contributed by atoms with van der Waals surface area (Å²) in [5, 5.41) is 19.2. The molecule has 1 unspecified atom stereocenters. The fraction of sp³-hybridized carbons (Fsp3) is 0.467. The molecule has 8 heteroatoms. The van der Waals surface area contributed by atoms with E-state index in [1.165, 1.54) is 12.4 Å². The molecule has 1 saturated heterocycles. The van der Waals surface area contributed by atoms with Crippen LogP contribution >= 0.6 is 11.6 Å². The summed E-state index contributed by atoms with van der Waals surface area (Å²) in [5.41, 5.74) is -0.304. The maximum absolute atomic E-state index is 12.6. The van der Waals surface area contributed by atoms with Crippen molar-refractivity contribution in [3.8, 4) is 0 Å². The van der Waals surface area contributed by atoms with Crippen molar-refractivity contribution in [1.29, 1.82) is 0 Å². The van der Waals surface area contributed by atoms with Crippen LogP contribution in [0, 0.1) is 0 Å². The molecule has 7 nitrogen and oxygen atoms in total. The first-order chi connectivity index (χ1) is 10.9. The molecule has 3 rings (SSSR count). The van der Waals surface area contributed by atoms with E-state index in [0.717, 1.165) is 0 Å². The molecule has 1 N–H and O–H groups in total. The van der Waals surface area contributed by atoms with Gasteiger partial charge in [-0.05, 0) is 19.9 Å². The highest BCUT2D eigenvalue weighted by molar-refractivity contribution is 6.33. The number of aliphatic hydroxyl groups is 1. The molecule has 2 aromatic heterocycles. The number of carbonyl (C=O) groups excluding carboxylic acids is 1. The lowest BCUT2D eigenvalue weighted by Gasteiger charge is -2.21. The second kappa shape index (κ2) is 5.90. The zero-order valence-electron chi connectivity index (χ0n) is 13.0. The Hall–Kier alpha value is -1.99. The number of halogens is 1. The standard InChI is InChI=1S/C15H18ClN5O2/c1-10(2)21-8-13(18-19-21)15(23)4-6-20(9-15)14(22)11-3-5-17-7-12(11)16/h3,5,7-8,10,23H,4,6,9H2,1-2H3. The van der Waals surface area contributed by atoms with Gasteiger partial charge in [-0.3, -0.25) is 9.78 Å². The Morgan fingerprint density at radius 2 is 2.26 bits per heavy atom. The first-order valence-electron chi connectivity index (χ1n) is 7.44. The maximum Gasteiger partial charge on any atom is 0.255 e. The third-order valence-electron chi connectivity index (χ3n) is 4.05. The highest BCUT2D eigenvalue weighted by atomic mass is 35.5. The van der Waals surface area contributed by atoms with E-state index in [-0.39, 0.29) is 18.5 Å². The Balaban J connectivity index is 1.79. The van der Waals surface area contributed by atoms with Gasteiger partial charge in [-0.1, -0.05) is 16.8 Å². The van der Waals surface area contributed by atoms with Gasteiger partial charge < -0.3 is 10.0 Å². The second-order valence-electron chi connectivity index (χ2n) is 6.04. The lowest BCUT2D eigenvalue weighted by Crippen LogP contribution is -2.34. The van der Waals surface area contributed by atoms with Gasteiger partial charge in [-0.2, -0.15) is 0 Å². The van der Waals surface area contributed by atoms with E-state index in [4.69, 9.17) is 11.6 Å². The molecule has 0 aliphatic carbocycles. The summed E-state index contributed by atoms with van der Waals surface area (Å²) in [4.78, 5) is 18.0. The minimum absolute atomic E-state index is 0.162. The average Bonchev–Trinajstić information content (AvgIpc) is 3.15. The van der Waals surface area contributed by atoms with Gasteiger partial charge in [0.1, 0.15) is 11.3 Å². The second-order valence-corrected chi connectivity index (χ2v) is 6.45. The molecule has 3 heterocycles. The summed E-state index contributed by atoms with van der Waals surface area (Å²) in [6.07, 6.45) is 5.11. The van der Waals surface area contributed by atoms with Crippen molar-refractivity contribution < 1.29 is 9.90 Å². The number of aromatic nitrogens is 4. The molecule has 2 aromatic rings. The molecule has 0 aromatic carbocycles. The number of pyridine rings is 1. The lowest BCUT2D eigenvalue weighted by atomic mass is 10.00. The Morgan fingerprint density at radius 3 is 2.91 bits per heavy atom. The van der Waals surface area contributed by atoms with Crippen LogP contribution in [0.25, 0.3) is 0 Å². The van der Waals surface area contributed by atoms with E-state index in [1.807, 2.05) is 13.8 Å². The normalized spacial score (nSPS) is 21.2. The molecular weight excluding hydrogens is 318 g/mol. The van der Waals surface area contributed by atoms with E-state index < -0.39 is 5.60 Å². The van der Waals surface area contributed by atoms with Crippen LogP contribution in [0.5, 0.6) is 0 Å². The first-order valence-corrected chi connectivity index (χ1v) is 7.82. The number of hydrogen-bond acceptors (Lipinski definition) is 5. The van der Waals surface area contributed by atoms with Gasteiger partial charge in [0.25, 0.3) is 5.91 Å². The molecule has 1 amide bonds. The van der Waals surface area contributed by atoms with Crippen molar-refractivity contribution in [3.63, 3.8) is 0 Å². The molecule has 122 valence electrons. The summed E-state index contributed by atoms with van der Waals surface area (Å²) in [5.74, 6) is -0.218. The highest BCUT2D eigenvalue weighted by Gasteiger charge is 2.42. The van der Waals surface area contributed by atoms with Crippen molar-refractivity contribution in [1.82, 2.24) is 24.9 Å². The summed E-state index contributed by atoms with van der Waals surface area (Å²) < 4.78 is 1.69. The van der Waals surface area contributed by atoms with Crippen molar-refractivity contribution in [2.45, 2.75) is 31.9 Å². The van der Waals surface area contributed by atoms with Gasteiger partial charge in [0, 0.05) is 31.4 Å². The fourth-order valence-corrected chi connectivity index (χ4v) is 2.84. The molecule has 1 aliphatic heterocycles. The van der Waals surface area contributed by atoms with Gasteiger partial charge in [0.05, 0.1) is 23.3 Å². The summed E-state index contributed by atoms with van der Waals surface area (Å²) in [6.45, 7) is 4.57. The van der Waals surface area contributed by atoms with E-state index in [9.17, 15) is 9.90 Å². The van der Waals surface area contributed by atoms with Crippen molar-refractivity contribution >= 4 is 17.5 Å². The molecule has 1 fully saturated rings. The van der Waals surface area contributed by atoms with Crippen molar-refractivity contribution in [2.24, 2.45) is 0 Å². The lowest BCUT2D eigenvalue weighted by molar-refractivity contribution is 0.0381. The largest absolute Gasteiger partial charge is 0.381 e. The van der Waals surface area contributed by atoms with E-state index in [0.29, 0.717) is 29.2 Å². The Morgan fingerprint density at radius 1 is 1.48 bits per heavy atom. The molecular formula is C15H18ClN5O2. The first kappa shape index (κ1) is 15.9. The summed E-state index contributed by atoms with van der Waals surface area (Å²) in [6, 6.07) is 1.74. The van der Waals surface area contributed by atoms with E-state index >= 15 is 0 Å². The topological polar surface area (TPSA) is 84.1 Å². The van der Waals surface area contributed by atoms with Crippen LogP contribution < -0.4 is 0 Å². The smallest absolute Gasteiger partial charge is 0.255 e. The Kier molecular flexibility index (Phi) is 4.08. The molecule has 23 heavy (non-hydrogen) atoms. The Bertz CT molecular complexity index is 732. The minimum Gasteiger partial charge on any atom is -0.381 e. The number of β-amino-alcohol motifs (C(OH)–C–C–N with tert-alkyl or cyclic N) is 1. The molecule has 1 aliphatic rings. The average molecular weight is 336 g/mol. The predicted molar refractivity (Wildman–Crippen MR) is 84.1 cm³/mol. The Labute approximate surface area is 138 Å². The zero-order valence-corrected chi connectivity index (χ0v) is 13.7. The van der Waals surface area contributed by atoms with Crippen LogP contribution in [0.2, 0.25) is 5.02 Å². The van der Waals surface area contributed by atoms with Gasteiger partial charge >= 0.3 is 0 Å².